The highest BCUT2D eigenvalue weighted by molar-refractivity contribution is 5.68. The van der Waals surface area contributed by atoms with Crippen LogP contribution in [0.2, 0.25) is 0 Å². The van der Waals surface area contributed by atoms with Gasteiger partial charge in [-0.25, -0.2) is 9.18 Å². The highest BCUT2D eigenvalue weighted by atomic mass is 19.1. The van der Waals surface area contributed by atoms with Gasteiger partial charge in [0.2, 0.25) is 0 Å². The number of nitrogens with one attached hydrogen (secondary N) is 2. The molecular weight excluding hydrogens is 311 g/mol. The highest BCUT2D eigenvalue weighted by Gasteiger charge is 2.42. The van der Waals surface area contributed by atoms with Crippen molar-refractivity contribution >= 4 is 6.09 Å². The molecular formula is C18H25FN2O3. The van der Waals surface area contributed by atoms with E-state index in [-0.39, 0.29) is 17.5 Å². The second-order valence-electron chi connectivity index (χ2n) is 7.62. The molecule has 2 heterocycles. The average Bonchev–Trinajstić information content (AvgIpc) is 2.45. The second-order valence-corrected chi connectivity index (χ2v) is 7.62. The Labute approximate surface area is 141 Å². The summed E-state index contributed by atoms with van der Waals surface area (Å²) in [4.78, 5) is 12.2. The van der Waals surface area contributed by atoms with Gasteiger partial charge in [0, 0.05) is 18.1 Å². The maximum Gasteiger partial charge on any atom is 0.408 e. The molecule has 3 rings (SSSR count). The van der Waals surface area contributed by atoms with Crippen molar-refractivity contribution in [2.75, 3.05) is 13.1 Å². The molecule has 0 saturated carbocycles. The summed E-state index contributed by atoms with van der Waals surface area (Å²) in [6.45, 7) is 7.18. The Balaban J connectivity index is 1.85. The smallest absolute Gasteiger partial charge is 0.408 e. The Bertz CT molecular complexity index is 621. The van der Waals surface area contributed by atoms with Crippen molar-refractivity contribution in [3.05, 3.63) is 29.6 Å². The lowest BCUT2D eigenvalue weighted by Crippen LogP contribution is -2.51. The Hall–Kier alpha value is -1.82. The molecule has 1 unspecified atom stereocenters. The second kappa shape index (κ2) is 6.24. The number of amides is 1. The Morgan fingerprint density at radius 1 is 1.38 bits per heavy atom. The summed E-state index contributed by atoms with van der Waals surface area (Å²) >= 11 is 0. The van der Waals surface area contributed by atoms with Crippen molar-refractivity contribution in [2.24, 2.45) is 0 Å². The van der Waals surface area contributed by atoms with Crippen molar-refractivity contribution in [1.29, 1.82) is 0 Å². The first-order valence-electron chi connectivity index (χ1n) is 8.45. The lowest BCUT2D eigenvalue weighted by molar-refractivity contribution is -0.000644. The summed E-state index contributed by atoms with van der Waals surface area (Å²) in [6, 6.07) is 4.23. The standard InChI is InChI=1S/C18H25FN2O3/c1-17(2,3)24-16(22)21-14-11-18(6-8-20-9-7-18)23-15-10-12(19)4-5-13(14)15/h4-5,10,14,20H,6-9,11H2,1-3H3,(H,21,22). The average molecular weight is 336 g/mol. The lowest BCUT2D eigenvalue weighted by Gasteiger charge is -2.44. The number of carbonyl (C=O) groups excluding carboxylic acids is 1. The van der Waals surface area contributed by atoms with Crippen molar-refractivity contribution in [3.63, 3.8) is 0 Å². The topological polar surface area (TPSA) is 59.6 Å². The molecule has 132 valence electrons. The van der Waals surface area contributed by atoms with E-state index in [1.165, 1.54) is 12.1 Å². The van der Waals surface area contributed by atoms with E-state index in [9.17, 15) is 9.18 Å². The molecule has 1 saturated heterocycles. The molecule has 0 aliphatic carbocycles. The van der Waals surface area contributed by atoms with Gasteiger partial charge in [-0.15, -0.1) is 0 Å². The quantitative estimate of drug-likeness (QED) is 0.826. The van der Waals surface area contributed by atoms with Crippen LogP contribution in [0.15, 0.2) is 18.2 Å². The third-order valence-corrected chi connectivity index (χ3v) is 4.46. The van der Waals surface area contributed by atoms with E-state index in [4.69, 9.17) is 9.47 Å². The molecule has 2 aliphatic rings. The van der Waals surface area contributed by atoms with Crippen LogP contribution < -0.4 is 15.4 Å². The first-order chi connectivity index (χ1) is 11.3. The normalized spacial score (nSPS) is 22.4. The van der Waals surface area contributed by atoms with Crippen molar-refractivity contribution < 1.29 is 18.7 Å². The minimum absolute atomic E-state index is 0.248. The van der Waals surface area contributed by atoms with Crippen LogP contribution in [-0.4, -0.2) is 30.4 Å². The number of alkyl carbamates (subject to hydrolysis) is 1. The van der Waals surface area contributed by atoms with Crippen LogP contribution >= 0.6 is 0 Å². The first kappa shape index (κ1) is 17.0. The van der Waals surface area contributed by atoms with Crippen LogP contribution in [0.3, 0.4) is 0 Å². The summed E-state index contributed by atoms with van der Waals surface area (Å²) in [6.07, 6.45) is 1.85. The molecule has 0 bridgehead atoms. The highest BCUT2D eigenvalue weighted by Crippen LogP contribution is 2.43. The number of carbonyl (C=O) groups is 1. The van der Waals surface area contributed by atoms with Crippen LogP contribution in [0.25, 0.3) is 0 Å². The van der Waals surface area contributed by atoms with Gasteiger partial charge in [0.25, 0.3) is 0 Å². The number of fused-ring (bicyclic) bond motifs is 1. The number of hydrogen-bond donors (Lipinski definition) is 2. The minimum atomic E-state index is -0.562. The van der Waals surface area contributed by atoms with Crippen LogP contribution in [0.4, 0.5) is 9.18 Å². The lowest BCUT2D eigenvalue weighted by atomic mass is 9.81. The fourth-order valence-corrected chi connectivity index (χ4v) is 3.41. The molecule has 0 radical (unpaired) electrons. The molecule has 1 aromatic rings. The SMILES string of the molecule is CC(C)(C)OC(=O)NC1CC2(CCNCC2)Oc2cc(F)ccc21. The molecule has 6 heteroatoms. The molecule has 5 nitrogen and oxygen atoms in total. The number of halogens is 1. The molecule has 2 N–H and O–H groups in total. The maximum absolute atomic E-state index is 13.7. The zero-order valence-corrected chi connectivity index (χ0v) is 14.4. The molecule has 2 aliphatic heterocycles. The Kier molecular flexibility index (Phi) is 4.42. The predicted octanol–water partition coefficient (Wildman–Crippen LogP) is 3.30. The van der Waals surface area contributed by atoms with Crippen molar-refractivity contribution in [3.8, 4) is 5.75 Å². The number of hydrogen-bond acceptors (Lipinski definition) is 4. The number of rotatable bonds is 1. The summed E-state index contributed by atoms with van der Waals surface area (Å²) in [7, 11) is 0. The van der Waals surface area contributed by atoms with E-state index in [0.717, 1.165) is 31.5 Å². The van der Waals surface area contributed by atoms with Gasteiger partial charge in [0.05, 0.1) is 6.04 Å². The number of benzene rings is 1. The fourth-order valence-electron chi connectivity index (χ4n) is 3.41. The van der Waals surface area contributed by atoms with Gasteiger partial charge in [-0.05, 0) is 52.8 Å². The molecule has 1 aromatic carbocycles. The third-order valence-electron chi connectivity index (χ3n) is 4.46. The van der Waals surface area contributed by atoms with Crippen LogP contribution in [0.5, 0.6) is 5.75 Å². The van der Waals surface area contributed by atoms with Gasteiger partial charge < -0.3 is 20.1 Å². The molecule has 1 spiro atoms. The van der Waals surface area contributed by atoms with E-state index in [0.29, 0.717) is 12.2 Å². The molecule has 1 amide bonds. The summed E-state index contributed by atoms with van der Waals surface area (Å²) in [5, 5.41) is 6.25. The third kappa shape index (κ3) is 3.80. The monoisotopic (exact) mass is 336 g/mol. The van der Waals surface area contributed by atoms with E-state index >= 15 is 0 Å². The number of piperidine rings is 1. The summed E-state index contributed by atoms with van der Waals surface area (Å²) in [5.41, 5.74) is -0.134. The van der Waals surface area contributed by atoms with Gasteiger partial charge >= 0.3 is 6.09 Å². The zero-order valence-electron chi connectivity index (χ0n) is 14.4. The molecule has 24 heavy (non-hydrogen) atoms. The minimum Gasteiger partial charge on any atom is -0.487 e. The van der Waals surface area contributed by atoms with Crippen molar-refractivity contribution in [1.82, 2.24) is 10.6 Å². The first-order valence-corrected chi connectivity index (χ1v) is 8.45. The van der Waals surface area contributed by atoms with E-state index < -0.39 is 11.7 Å². The van der Waals surface area contributed by atoms with Gasteiger partial charge in [-0.3, -0.25) is 0 Å². The van der Waals surface area contributed by atoms with Crippen LogP contribution in [0, 0.1) is 5.82 Å². The summed E-state index contributed by atoms with van der Waals surface area (Å²) < 4.78 is 25.2. The largest absolute Gasteiger partial charge is 0.487 e. The van der Waals surface area contributed by atoms with Gasteiger partial charge in [-0.1, -0.05) is 6.07 Å². The van der Waals surface area contributed by atoms with Gasteiger partial charge in [0.15, 0.2) is 0 Å². The van der Waals surface area contributed by atoms with Gasteiger partial charge in [0.1, 0.15) is 22.8 Å². The van der Waals surface area contributed by atoms with E-state index in [2.05, 4.69) is 10.6 Å². The van der Waals surface area contributed by atoms with E-state index in [1.54, 1.807) is 6.07 Å². The maximum atomic E-state index is 13.7. The summed E-state index contributed by atoms with van der Waals surface area (Å²) in [5.74, 6) is 0.181. The van der Waals surface area contributed by atoms with Crippen LogP contribution in [-0.2, 0) is 4.74 Å². The Morgan fingerprint density at radius 3 is 2.75 bits per heavy atom. The fraction of sp³-hybridized carbons (Fsp3) is 0.611. The molecule has 0 aromatic heterocycles. The Morgan fingerprint density at radius 2 is 2.08 bits per heavy atom. The molecule has 1 fully saturated rings. The number of ether oxygens (including phenoxy) is 2. The van der Waals surface area contributed by atoms with E-state index in [1.807, 2.05) is 20.8 Å². The molecule has 1 atom stereocenters. The van der Waals surface area contributed by atoms with Crippen LogP contribution in [0.1, 0.15) is 51.6 Å². The van der Waals surface area contributed by atoms with Gasteiger partial charge in [-0.2, -0.15) is 0 Å². The van der Waals surface area contributed by atoms with Crippen molar-refractivity contribution in [2.45, 2.75) is 57.3 Å². The predicted molar refractivity (Wildman–Crippen MR) is 88.6 cm³/mol. The zero-order chi connectivity index (χ0) is 17.4.